The summed E-state index contributed by atoms with van der Waals surface area (Å²) in [6.45, 7) is 3.40. The van der Waals surface area contributed by atoms with E-state index in [-0.39, 0.29) is 11.9 Å². The molecule has 1 atom stereocenters. The van der Waals surface area contributed by atoms with E-state index in [0.717, 1.165) is 42.2 Å². The highest BCUT2D eigenvalue weighted by Crippen LogP contribution is 2.33. The molecule has 0 bridgehead atoms. The van der Waals surface area contributed by atoms with E-state index in [9.17, 15) is 4.79 Å². The predicted molar refractivity (Wildman–Crippen MR) is 96.2 cm³/mol. The molecule has 1 aromatic carbocycles. The Labute approximate surface area is 153 Å². The van der Waals surface area contributed by atoms with Crippen LogP contribution in [-0.2, 0) is 22.5 Å². The molecule has 0 saturated carbocycles. The Balaban J connectivity index is 1.86. The van der Waals surface area contributed by atoms with Gasteiger partial charge in [0.05, 0.1) is 26.7 Å². The zero-order chi connectivity index (χ0) is 18.5. The SMILES string of the molecule is CCCOc1ccc(-c2nnc3n2CCC(C(=O)OC)CC3)cc1OC. The smallest absolute Gasteiger partial charge is 0.308 e. The Hall–Kier alpha value is -2.57. The van der Waals surface area contributed by atoms with Crippen LogP contribution in [-0.4, -0.2) is 41.6 Å². The van der Waals surface area contributed by atoms with Crippen LogP contribution in [0.2, 0.25) is 0 Å². The van der Waals surface area contributed by atoms with Crippen molar-refractivity contribution in [3.8, 4) is 22.9 Å². The van der Waals surface area contributed by atoms with Crippen molar-refractivity contribution in [3.05, 3.63) is 24.0 Å². The second kappa shape index (κ2) is 8.21. The number of hydrogen-bond acceptors (Lipinski definition) is 6. The first kappa shape index (κ1) is 18.2. The van der Waals surface area contributed by atoms with Gasteiger partial charge >= 0.3 is 5.97 Å². The third kappa shape index (κ3) is 3.66. The average molecular weight is 359 g/mol. The molecule has 7 nitrogen and oxygen atoms in total. The fourth-order valence-electron chi connectivity index (χ4n) is 3.24. The number of nitrogens with zero attached hydrogens (tertiary/aromatic N) is 3. The quantitative estimate of drug-likeness (QED) is 0.738. The Morgan fingerprint density at radius 1 is 1.23 bits per heavy atom. The minimum atomic E-state index is -0.149. The second-order valence-electron chi connectivity index (χ2n) is 6.35. The number of carbonyl (C=O) groups is 1. The van der Waals surface area contributed by atoms with Gasteiger partial charge in [0, 0.05) is 18.5 Å². The number of esters is 1. The highest BCUT2D eigenvalue weighted by Gasteiger charge is 2.26. The summed E-state index contributed by atoms with van der Waals surface area (Å²) in [5.41, 5.74) is 0.918. The standard InChI is InChI=1S/C19H25N3O4/c1-4-11-26-15-7-5-14(12-16(15)24-2)18-21-20-17-8-6-13(19(23)25-3)9-10-22(17)18/h5,7,12-13H,4,6,8-11H2,1-3H3. The number of benzene rings is 1. The van der Waals surface area contributed by atoms with Gasteiger partial charge in [-0.25, -0.2) is 0 Å². The molecule has 1 unspecified atom stereocenters. The van der Waals surface area contributed by atoms with E-state index in [1.54, 1.807) is 7.11 Å². The largest absolute Gasteiger partial charge is 0.493 e. The van der Waals surface area contributed by atoms with Crippen LogP contribution >= 0.6 is 0 Å². The third-order valence-electron chi connectivity index (χ3n) is 4.66. The van der Waals surface area contributed by atoms with Crippen LogP contribution in [0.25, 0.3) is 11.4 Å². The molecule has 2 heterocycles. The molecular formula is C19H25N3O4. The number of carbonyl (C=O) groups excluding carboxylic acids is 1. The second-order valence-corrected chi connectivity index (χ2v) is 6.35. The fraction of sp³-hybridized carbons (Fsp3) is 0.526. The van der Waals surface area contributed by atoms with Crippen molar-refractivity contribution < 1.29 is 19.0 Å². The van der Waals surface area contributed by atoms with Crippen LogP contribution < -0.4 is 9.47 Å². The average Bonchev–Trinajstić information content (AvgIpc) is 2.96. The van der Waals surface area contributed by atoms with Crippen LogP contribution in [0, 0.1) is 5.92 Å². The molecule has 0 spiro atoms. The molecule has 26 heavy (non-hydrogen) atoms. The van der Waals surface area contributed by atoms with Gasteiger partial charge in [-0.1, -0.05) is 6.92 Å². The first-order chi connectivity index (χ1) is 12.7. The highest BCUT2D eigenvalue weighted by atomic mass is 16.5. The van der Waals surface area contributed by atoms with E-state index < -0.39 is 0 Å². The van der Waals surface area contributed by atoms with Gasteiger partial charge in [-0.2, -0.15) is 0 Å². The minimum absolute atomic E-state index is 0.0890. The highest BCUT2D eigenvalue weighted by molar-refractivity contribution is 5.72. The zero-order valence-electron chi connectivity index (χ0n) is 15.5. The van der Waals surface area contributed by atoms with E-state index >= 15 is 0 Å². The molecule has 0 radical (unpaired) electrons. The van der Waals surface area contributed by atoms with E-state index in [1.807, 2.05) is 18.2 Å². The summed E-state index contributed by atoms with van der Waals surface area (Å²) in [5.74, 6) is 2.84. The number of rotatable bonds is 6. The van der Waals surface area contributed by atoms with Gasteiger partial charge < -0.3 is 18.8 Å². The summed E-state index contributed by atoms with van der Waals surface area (Å²) in [7, 11) is 3.07. The third-order valence-corrected chi connectivity index (χ3v) is 4.66. The fourth-order valence-corrected chi connectivity index (χ4v) is 3.24. The maximum atomic E-state index is 11.9. The molecule has 0 fully saturated rings. The molecule has 0 saturated heterocycles. The summed E-state index contributed by atoms with van der Waals surface area (Å²) < 4.78 is 18.2. The monoisotopic (exact) mass is 359 g/mol. The Morgan fingerprint density at radius 2 is 2.08 bits per heavy atom. The lowest BCUT2D eigenvalue weighted by molar-refractivity contribution is -0.145. The van der Waals surface area contributed by atoms with Crippen molar-refractivity contribution in [3.63, 3.8) is 0 Å². The van der Waals surface area contributed by atoms with E-state index in [1.165, 1.54) is 7.11 Å². The Morgan fingerprint density at radius 3 is 2.81 bits per heavy atom. The number of fused-ring (bicyclic) bond motifs is 1. The molecular weight excluding hydrogens is 334 g/mol. The van der Waals surface area contributed by atoms with Crippen LogP contribution in [0.3, 0.4) is 0 Å². The maximum absolute atomic E-state index is 11.9. The van der Waals surface area contributed by atoms with Gasteiger partial charge in [-0.3, -0.25) is 4.79 Å². The van der Waals surface area contributed by atoms with E-state index in [2.05, 4.69) is 21.7 Å². The first-order valence-electron chi connectivity index (χ1n) is 8.99. The van der Waals surface area contributed by atoms with Crippen molar-refractivity contribution in [2.45, 2.75) is 39.2 Å². The number of methoxy groups -OCH3 is 2. The molecule has 1 aliphatic heterocycles. The van der Waals surface area contributed by atoms with Crippen LogP contribution in [0.5, 0.6) is 11.5 Å². The summed E-state index contributed by atoms with van der Waals surface area (Å²) in [6.07, 6.45) is 3.10. The number of aromatic nitrogens is 3. The minimum Gasteiger partial charge on any atom is -0.493 e. The van der Waals surface area contributed by atoms with Gasteiger partial charge in [0.1, 0.15) is 5.82 Å². The van der Waals surface area contributed by atoms with Crippen LogP contribution in [0.4, 0.5) is 0 Å². The van der Waals surface area contributed by atoms with Crippen LogP contribution in [0.1, 0.15) is 32.0 Å². The van der Waals surface area contributed by atoms with E-state index in [4.69, 9.17) is 14.2 Å². The molecule has 1 aromatic heterocycles. The molecule has 7 heteroatoms. The molecule has 140 valence electrons. The maximum Gasteiger partial charge on any atom is 0.308 e. The zero-order valence-corrected chi connectivity index (χ0v) is 15.5. The van der Waals surface area contributed by atoms with E-state index in [0.29, 0.717) is 25.3 Å². The first-order valence-corrected chi connectivity index (χ1v) is 8.99. The summed E-state index contributed by atoms with van der Waals surface area (Å²) in [4.78, 5) is 11.9. The molecule has 0 aliphatic carbocycles. The predicted octanol–water partition coefficient (Wildman–Crippen LogP) is 2.87. The molecule has 0 N–H and O–H groups in total. The summed E-state index contributed by atoms with van der Waals surface area (Å²) >= 11 is 0. The van der Waals surface area contributed by atoms with Crippen molar-refractivity contribution in [2.75, 3.05) is 20.8 Å². The lowest BCUT2D eigenvalue weighted by Crippen LogP contribution is -2.16. The van der Waals surface area contributed by atoms with Gasteiger partial charge in [-0.05, 0) is 37.5 Å². The van der Waals surface area contributed by atoms with Crippen molar-refractivity contribution in [1.29, 1.82) is 0 Å². The molecule has 2 aromatic rings. The number of hydrogen-bond donors (Lipinski definition) is 0. The van der Waals surface area contributed by atoms with Crippen molar-refractivity contribution in [2.24, 2.45) is 5.92 Å². The molecule has 1 aliphatic rings. The normalized spacial score (nSPS) is 16.5. The lowest BCUT2D eigenvalue weighted by atomic mass is 10.0. The van der Waals surface area contributed by atoms with Gasteiger partial charge in [0.2, 0.25) is 0 Å². The lowest BCUT2D eigenvalue weighted by Gasteiger charge is -2.13. The topological polar surface area (TPSA) is 75.5 Å². The number of aryl methyl sites for hydroxylation is 1. The Bertz CT molecular complexity index is 772. The molecule has 0 amide bonds. The summed E-state index contributed by atoms with van der Waals surface area (Å²) in [5, 5.41) is 8.70. The van der Waals surface area contributed by atoms with Crippen molar-refractivity contribution >= 4 is 5.97 Å². The van der Waals surface area contributed by atoms with Crippen molar-refractivity contribution in [1.82, 2.24) is 14.8 Å². The van der Waals surface area contributed by atoms with Gasteiger partial charge in [0.15, 0.2) is 17.3 Å². The molecule has 3 rings (SSSR count). The Kier molecular flexibility index (Phi) is 5.75. The van der Waals surface area contributed by atoms with Gasteiger partial charge in [0.25, 0.3) is 0 Å². The number of ether oxygens (including phenoxy) is 3. The van der Waals surface area contributed by atoms with Gasteiger partial charge in [-0.15, -0.1) is 10.2 Å². The van der Waals surface area contributed by atoms with Crippen LogP contribution in [0.15, 0.2) is 18.2 Å². The summed E-state index contributed by atoms with van der Waals surface area (Å²) in [6, 6.07) is 5.79.